The summed E-state index contributed by atoms with van der Waals surface area (Å²) in [6, 6.07) is 15.4. The summed E-state index contributed by atoms with van der Waals surface area (Å²) in [6.07, 6.45) is 2.41. The molecule has 21 heavy (non-hydrogen) atoms. The first-order chi connectivity index (χ1) is 10.3. The fourth-order valence-corrected chi connectivity index (χ4v) is 3.57. The van der Waals surface area contributed by atoms with Gasteiger partial charge in [-0.25, -0.2) is 0 Å². The zero-order chi connectivity index (χ0) is 14.7. The highest BCUT2D eigenvalue weighted by molar-refractivity contribution is 5.85. The average Bonchev–Trinajstić information content (AvgIpc) is 2.55. The van der Waals surface area contributed by atoms with Gasteiger partial charge < -0.3 is 5.32 Å². The van der Waals surface area contributed by atoms with E-state index in [0.717, 1.165) is 26.2 Å². The second-order valence-corrected chi connectivity index (χ2v) is 6.26. The van der Waals surface area contributed by atoms with E-state index in [-0.39, 0.29) is 0 Å². The molecule has 1 fully saturated rings. The molecule has 0 unspecified atom stereocenters. The van der Waals surface area contributed by atoms with Gasteiger partial charge in [0, 0.05) is 31.7 Å². The Labute approximate surface area is 128 Å². The number of piperazine rings is 1. The molecule has 1 N–H and O–H groups in total. The molecule has 1 saturated heterocycles. The molecule has 0 aromatic heterocycles. The van der Waals surface area contributed by atoms with Crippen LogP contribution in [0.4, 0.5) is 0 Å². The number of hydrogen-bond acceptors (Lipinski definition) is 2. The van der Waals surface area contributed by atoms with Crippen molar-refractivity contribution in [1.82, 2.24) is 10.2 Å². The van der Waals surface area contributed by atoms with Gasteiger partial charge >= 0.3 is 0 Å². The molecule has 3 rings (SSSR count). The smallest absolute Gasteiger partial charge is 0.0304 e. The van der Waals surface area contributed by atoms with Crippen LogP contribution >= 0.6 is 0 Å². The van der Waals surface area contributed by atoms with E-state index in [1.807, 2.05) is 0 Å². The van der Waals surface area contributed by atoms with Crippen molar-refractivity contribution in [3.05, 3.63) is 48.0 Å². The van der Waals surface area contributed by atoms with Crippen LogP contribution in [-0.4, -0.2) is 30.1 Å². The summed E-state index contributed by atoms with van der Waals surface area (Å²) in [5.41, 5.74) is 1.76. The maximum atomic E-state index is 3.74. The number of fused-ring (bicyclic) bond motifs is 1. The lowest BCUT2D eigenvalue weighted by Crippen LogP contribution is -2.59. The van der Waals surface area contributed by atoms with Crippen LogP contribution in [0.3, 0.4) is 0 Å². The van der Waals surface area contributed by atoms with E-state index < -0.39 is 0 Å². The van der Waals surface area contributed by atoms with Crippen molar-refractivity contribution in [1.29, 1.82) is 0 Å². The Morgan fingerprint density at radius 1 is 1.05 bits per heavy atom. The number of nitrogens with one attached hydrogen (secondary N) is 1. The van der Waals surface area contributed by atoms with Gasteiger partial charge in [-0.1, -0.05) is 56.3 Å². The third-order valence-corrected chi connectivity index (χ3v) is 5.08. The Bertz CT molecular complexity index is 596. The maximum Gasteiger partial charge on any atom is 0.0304 e. The molecule has 0 atom stereocenters. The Morgan fingerprint density at radius 2 is 1.81 bits per heavy atom. The molecule has 1 aliphatic rings. The predicted molar refractivity (Wildman–Crippen MR) is 90.5 cm³/mol. The minimum absolute atomic E-state index is 0.308. The fraction of sp³-hybridized carbons (Fsp3) is 0.474. The van der Waals surface area contributed by atoms with Gasteiger partial charge in [0.05, 0.1) is 0 Å². The van der Waals surface area contributed by atoms with Crippen LogP contribution in [0.5, 0.6) is 0 Å². The van der Waals surface area contributed by atoms with Crippen molar-refractivity contribution < 1.29 is 0 Å². The van der Waals surface area contributed by atoms with Gasteiger partial charge in [-0.3, -0.25) is 4.90 Å². The SMILES string of the molecule is CCC1(CC)CN(Cc2cccc3ccccc23)CCN1. The molecule has 0 bridgehead atoms. The molecule has 0 spiro atoms. The molecule has 112 valence electrons. The van der Waals surface area contributed by atoms with Crippen LogP contribution in [-0.2, 0) is 6.54 Å². The first-order valence-electron chi connectivity index (χ1n) is 8.20. The monoisotopic (exact) mass is 282 g/mol. The topological polar surface area (TPSA) is 15.3 Å². The lowest BCUT2D eigenvalue weighted by Gasteiger charge is -2.43. The first-order valence-corrected chi connectivity index (χ1v) is 8.20. The minimum atomic E-state index is 0.308. The van der Waals surface area contributed by atoms with E-state index in [0.29, 0.717) is 5.54 Å². The number of hydrogen-bond donors (Lipinski definition) is 1. The molecule has 0 saturated carbocycles. The third kappa shape index (κ3) is 2.97. The van der Waals surface area contributed by atoms with Gasteiger partial charge in [0.15, 0.2) is 0 Å². The fourth-order valence-electron chi connectivity index (χ4n) is 3.57. The molecule has 2 aromatic rings. The van der Waals surface area contributed by atoms with Gasteiger partial charge in [0.25, 0.3) is 0 Å². The molecule has 0 aliphatic carbocycles. The number of nitrogens with zero attached hydrogens (tertiary/aromatic N) is 1. The van der Waals surface area contributed by atoms with Crippen LogP contribution in [0, 0.1) is 0 Å². The molecule has 0 radical (unpaired) electrons. The maximum absolute atomic E-state index is 3.74. The predicted octanol–water partition coefficient (Wildman–Crippen LogP) is 3.80. The Morgan fingerprint density at radius 3 is 2.62 bits per heavy atom. The number of rotatable bonds is 4. The highest BCUT2D eigenvalue weighted by atomic mass is 15.2. The van der Waals surface area contributed by atoms with Gasteiger partial charge in [0.1, 0.15) is 0 Å². The highest BCUT2D eigenvalue weighted by Crippen LogP contribution is 2.24. The van der Waals surface area contributed by atoms with Crippen LogP contribution in [0.2, 0.25) is 0 Å². The lowest BCUT2D eigenvalue weighted by atomic mass is 9.90. The molecular formula is C19H26N2. The van der Waals surface area contributed by atoms with Crippen molar-refractivity contribution in [3.8, 4) is 0 Å². The van der Waals surface area contributed by atoms with Crippen molar-refractivity contribution >= 4 is 10.8 Å². The summed E-state index contributed by atoms with van der Waals surface area (Å²) in [5, 5.41) is 6.49. The van der Waals surface area contributed by atoms with E-state index in [1.54, 1.807) is 0 Å². The van der Waals surface area contributed by atoms with Gasteiger partial charge in [-0.05, 0) is 29.2 Å². The quantitative estimate of drug-likeness (QED) is 0.917. The molecule has 2 nitrogen and oxygen atoms in total. The number of benzene rings is 2. The second-order valence-electron chi connectivity index (χ2n) is 6.26. The van der Waals surface area contributed by atoms with E-state index >= 15 is 0 Å². The Hall–Kier alpha value is -1.38. The Kier molecular flexibility index (Phi) is 4.27. The van der Waals surface area contributed by atoms with Crippen molar-refractivity contribution in [2.24, 2.45) is 0 Å². The van der Waals surface area contributed by atoms with Crippen LogP contribution in [0.15, 0.2) is 42.5 Å². The van der Waals surface area contributed by atoms with Crippen LogP contribution in [0.25, 0.3) is 10.8 Å². The summed E-state index contributed by atoms with van der Waals surface area (Å²) < 4.78 is 0. The molecule has 1 aliphatic heterocycles. The first kappa shape index (κ1) is 14.6. The average molecular weight is 282 g/mol. The van der Waals surface area contributed by atoms with E-state index in [4.69, 9.17) is 0 Å². The van der Waals surface area contributed by atoms with Crippen molar-refractivity contribution in [2.75, 3.05) is 19.6 Å². The molecular weight excluding hydrogens is 256 g/mol. The molecule has 0 amide bonds. The zero-order valence-corrected chi connectivity index (χ0v) is 13.2. The second kappa shape index (κ2) is 6.17. The molecule has 2 heteroatoms. The third-order valence-electron chi connectivity index (χ3n) is 5.08. The summed E-state index contributed by atoms with van der Waals surface area (Å²) >= 11 is 0. The summed E-state index contributed by atoms with van der Waals surface area (Å²) in [4.78, 5) is 2.62. The summed E-state index contributed by atoms with van der Waals surface area (Å²) in [7, 11) is 0. The normalized spacial score (nSPS) is 19.0. The van der Waals surface area contributed by atoms with Gasteiger partial charge in [0.2, 0.25) is 0 Å². The van der Waals surface area contributed by atoms with E-state index in [9.17, 15) is 0 Å². The van der Waals surface area contributed by atoms with Crippen molar-refractivity contribution in [2.45, 2.75) is 38.8 Å². The van der Waals surface area contributed by atoms with E-state index in [2.05, 4.69) is 66.5 Å². The molecule has 1 heterocycles. The zero-order valence-electron chi connectivity index (χ0n) is 13.2. The highest BCUT2D eigenvalue weighted by Gasteiger charge is 2.31. The van der Waals surface area contributed by atoms with Crippen molar-refractivity contribution in [3.63, 3.8) is 0 Å². The summed E-state index contributed by atoms with van der Waals surface area (Å²) in [5.74, 6) is 0. The van der Waals surface area contributed by atoms with Gasteiger partial charge in [-0.15, -0.1) is 0 Å². The minimum Gasteiger partial charge on any atom is -0.309 e. The largest absolute Gasteiger partial charge is 0.309 e. The lowest BCUT2D eigenvalue weighted by molar-refractivity contribution is 0.118. The standard InChI is InChI=1S/C19H26N2/c1-3-19(4-2)15-21(13-12-20-19)14-17-10-7-9-16-8-5-6-11-18(16)17/h5-11,20H,3-4,12-15H2,1-2H3. The molecule has 2 aromatic carbocycles. The van der Waals surface area contributed by atoms with Crippen LogP contribution < -0.4 is 5.32 Å². The van der Waals surface area contributed by atoms with Gasteiger partial charge in [-0.2, -0.15) is 0 Å². The summed E-state index contributed by atoms with van der Waals surface area (Å²) in [6.45, 7) is 9.07. The van der Waals surface area contributed by atoms with Crippen LogP contribution in [0.1, 0.15) is 32.3 Å². The Balaban J connectivity index is 1.82. The van der Waals surface area contributed by atoms with E-state index in [1.165, 1.54) is 29.2 Å².